The quantitative estimate of drug-likeness (QED) is 0.338. The van der Waals surface area contributed by atoms with Gasteiger partial charge >= 0.3 is 0 Å². The van der Waals surface area contributed by atoms with Crippen LogP contribution >= 0.6 is 0 Å². The van der Waals surface area contributed by atoms with E-state index >= 15 is 0 Å². The van der Waals surface area contributed by atoms with E-state index in [0.29, 0.717) is 18.3 Å². The molecule has 0 radical (unpaired) electrons. The Bertz CT molecular complexity index is 1380. The number of benzene rings is 3. The third-order valence-electron chi connectivity index (χ3n) is 5.20. The minimum absolute atomic E-state index is 0.158. The summed E-state index contributed by atoms with van der Waals surface area (Å²) < 4.78 is 53.3. The van der Waals surface area contributed by atoms with Crippen LogP contribution in [-0.4, -0.2) is 30.8 Å². The number of H-pyrrole nitrogens is 1. The largest absolute Gasteiger partial charge is 0.346 e. The second kappa shape index (κ2) is 10.1. The number of hydrogen-bond acceptors (Lipinski definition) is 4. The summed E-state index contributed by atoms with van der Waals surface area (Å²) in [6.07, 6.45) is 0.321. The maximum Gasteiger partial charge on any atom is 0.240 e. The summed E-state index contributed by atoms with van der Waals surface area (Å²) in [6.45, 7) is -0.217. The summed E-state index contributed by atoms with van der Waals surface area (Å²) in [6, 6.07) is 18.9. The highest BCUT2D eigenvalue weighted by molar-refractivity contribution is 7.89. The number of hydrogen-bond donors (Lipinski definition) is 3. The number of halogens is 2. The molecule has 4 aromatic rings. The monoisotopic (exact) mass is 484 g/mol. The summed E-state index contributed by atoms with van der Waals surface area (Å²) in [7, 11) is -4.10. The van der Waals surface area contributed by atoms with Gasteiger partial charge in [0.05, 0.1) is 22.0 Å². The number of para-hydroxylation sites is 2. The molecule has 0 spiro atoms. The van der Waals surface area contributed by atoms with Crippen molar-refractivity contribution in [1.29, 1.82) is 0 Å². The average Bonchev–Trinajstić information content (AvgIpc) is 3.25. The van der Waals surface area contributed by atoms with Crippen molar-refractivity contribution in [3.63, 3.8) is 0 Å². The summed E-state index contributed by atoms with van der Waals surface area (Å²) >= 11 is 0. The number of aromatic nitrogens is 2. The Kier molecular flexibility index (Phi) is 6.99. The van der Waals surface area contributed by atoms with Gasteiger partial charge < -0.3 is 10.3 Å². The molecule has 176 valence electrons. The molecule has 0 aliphatic carbocycles. The number of sulfonamides is 1. The van der Waals surface area contributed by atoms with E-state index in [2.05, 4.69) is 20.0 Å². The van der Waals surface area contributed by atoms with Crippen molar-refractivity contribution in [1.82, 2.24) is 20.0 Å². The molecule has 0 bridgehead atoms. The normalized spacial score (nSPS) is 12.5. The lowest BCUT2D eigenvalue weighted by Gasteiger charge is -2.17. The first-order valence-corrected chi connectivity index (χ1v) is 12.0. The third-order valence-corrected chi connectivity index (χ3v) is 6.66. The molecule has 0 aliphatic rings. The second-order valence-corrected chi connectivity index (χ2v) is 9.44. The van der Waals surface area contributed by atoms with Gasteiger partial charge in [-0.25, -0.2) is 26.9 Å². The topological polar surface area (TPSA) is 104 Å². The van der Waals surface area contributed by atoms with Crippen molar-refractivity contribution in [2.75, 3.05) is 6.54 Å². The van der Waals surface area contributed by atoms with Gasteiger partial charge in [0, 0.05) is 13.0 Å². The van der Waals surface area contributed by atoms with Crippen molar-refractivity contribution in [2.45, 2.75) is 23.8 Å². The predicted octanol–water partition coefficient (Wildman–Crippen LogP) is 3.61. The molecule has 0 saturated carbocycles. The minimum Gasteiger partial charge on any atom is -0.346 e. The van der Waals surface area contributed by atoms with E-state index in [1.165, 1.54) is 0 Å². The molecule has 0 fully saturated rings. The highest BCUT2D eigenvalue weighted by Crippen LogP contribution is 2.20. The Balaban J connectivity index is 1.43. The number of carbonyl (C=O) groups excluding carboxylic acids is 1. The fourth-order valence-electron chi connectivity index (χ4n) is 3.50. The van der Waals surface area contributed by atoms with Gasteiger partial charge in [0.1, 0.15) is 5.82 Å². The maximum atomic E-state index is 13.4. The van der Waals surface area contributed by atoms with Gasteiger partial charge in [-0.1, -0.05) is 42.5 Å². The number of aromatic amines is 1. The molecule has 1 heterocycles. The molecule has 1 atom stereocenters. The van der Waals surface area contributed by atoms with Crippen molar-refractivity contribution < 1.29 is 22.0 Å². The predicted molar refractivity (Wildman–Crippen MR) is 123 cm³/mol. The summed E-state index contributed by atoms with van der Waals surface area (Å²) in [5.74, 6) is -2.22. The molecule has 0 saturated heterocycles. The number of carbonyl (C=O) groups is 1. The van der Waals surface area contributed by atoms with Crippen LogP contribution in [0.2, 0.25) is 0 Å². The Morgan fingerprint density at radius 3 is 2.44 bits per heavy atom. The molecule has 1 amide bonds. The van der Waals surface area contributed by atoms with Crippen LogP contribution in [0.3, 0.4) is 0 Å². The van der Waals surface area contributed by atoms with Crippen LogP contribution in [0.4, 0.5) is 8.78 Å². The second-order valence-electron chi connectivity index (χ2n) is 7.67. The summed E-state index contributed by atoms with van der Waals surface area (Å²) in [5.41, 5.74) is 2.60. The van der Waals surface area contributed by atoms with Gasteiger partial charge in [-0.05, 0) is 42.3 Å². The average molecular weight is 485 g/mol. The van der Waals surface area contributed by atoms with Crippen LogP contribution in [-0.2, 0) is 21.2 Å². The van der Waals surface area contributed by atoms with Crippen molar-refractivity contribution in [3.8, 4) is 0 Å². The summed E-state index contributed by atoms with van der Waals surface area (Å²) in [5, 5.41) is 2.91. The van der Waals surface area contributed by atoms with E-state index in [0.717, 1.165) is 28.7 Å². The fraction of sp³-hybridized carbons (Fsp3) is 0.167. The van der Waals surface area contributed by atoms with E-state index in [1.54, 1.807) is 0 Å². The van der Waals surface area contributed by atoms with Crippen molar-refractivity contribution >= 4 is 27.0 Å². The smallest absolute Gasteiger partial charge is 0.240 e. The van der Waals surface area contributed by atoms with Crippen LogP contribution in [0, 0.1) is 11.6 Å². The zero-order chi connectivity index (χ0) is 24.1. The van der Waals surface area contributed by atoms with Crippen LogP contribution < -0.4 is 10.0 Å². The lowest BCUT2D eigenvalue weighted by Crippen LogP contribution is -2.34. The molecule has 0 aliphatic heterocycles. The number of nitrogens with zero attached hydrogens (tertiary/aromatic N) is 1. The zero-order valence-corrected chi connectivity index (χ0v) is 18.8. The number of rotatable bonds is 9. The lowest BCUT2D eigenvalue weighted by molar-refractivity contribution is -0.121. The molecule has 4 rings (SSSR count). The molecule has 10 heteroatoms. The number of imidazole rings is 1. The first-order valence-electron chi connectivity index (χ1n) is 10.5. The standard InChI is InChI=1S/C24H22F2N4O3S/c25-18-11-10-17(15-19(18)26)34(32,33)27-13-12-23(31)28-22(14-16-6-2-1-3-7-16)24-29-20-8-4-5-9-21(20)30-24/h1-11,15,22,27H,12-14H2,(H,28,31)(H,29,30)/t22-/m0/s1. The van der Waals surface area contributed by atoms with E-state index in [9.17, 15) is 22.0 Å². The van der Waals surface area contributed by atoms with Crippen LogP contribution in [0.5, 0.6) is 0 Å². The number of fused-ring (bicyclic) bond motifs is 1. The summed E-state index contributed by atoms with van der Waals surface area (Å²) in [4.78, 5) is 20.1. The SMILES string of the molecule is O=C(CCNS(=O)(=O)c1ccc(F)c(F)c1)N[C@@H](Cc1ccccc1)c1nc2ccccc2[nH]1. The van der Waals surface area contributed by atoms with E-state index < -0.39 is 38.5 Å². The van der Waals surface area contributed by atoms with E-state index in [4.69, 9.17) is 0 Å². The molecular formula is C24H22F2N4O3S. The lowest BCUT2D eigenvalue weighted by atomic mass is 10.1. The van der Waals surface area contributed by atoms with Crippen molar-refractivity contribution in [3.05, 3.63) is 95.8 Å². The first kappa shape index (κ1) is 23.5. The molecule has 3 N–H and O–H groups in total. The Hall–Kier alpha value is -3.63. The molecule has 1 aromatic heterocycles. The number of amides is 1. The molecular weight excluding hydrogens is 462 g/mol. The molecule has 34 heavy (non-hydrogen) atoms. The first-order chi connectivity index (χ1) is 16.3. The Labute approximate surface area is 195 Å². The van der Waals surface area contributed by atoms with E-state index in [1.807, 2.05) is 54.6 Å². The van der Waals surface area contributed by atoms with Gasteiger partial charge in [0.15, 0.2) is 11.6 Å². The van der Waals surface area contributed by atoms with Gasteiger partial charge in [0.25, 0.3) is 0 Å². The number of nitrogens with one attached hydrogen (secondary N) is 3. The van der Waals surface area contributed by atoms with Gasteiger partial charge in [0.2, 0.25) is 15.9 Å². The fourth-order valence-corrected chi connectivity index (χ4v) is 4.54. The van der Waals surface area contributed by atoms with Crippen LogP contribution in [0.25, 0.3) is 11.0 Å². The van der Waals surface area contributed by atoms with Gasteiger partial charge in [-0.3, -0.25) is 4.79 Å². The van der Waals surface area contributed by atoms with Crippen LogP contribution in [0.15, 0.2) is 77.7 Å². The van der Waals surface area contributed by atoms with Crippen molar-refractivity contribution in [2.24, 2.45) is 0 Å². The third kappa shape index (κ3) is 5.64. The zero-order valence-electron chi connectivity index (χ0n) is 18.0. The molecule has 7 nitrogen and oxygen atoms in total. The molecule has 0 unspecified atom stereocenters. The highest BCUT2D eigenvalue weighted by Gasteiger charge is 2.20. The maximum absolute atomic E-state index is 13.4. The Morgan fingerprint density at radius 2 is 1.71 bits per heavy atom. The van der Waals surface area contributed by atoms with Gasteiger partial charge in [-0.15, -0.1) is 0 Å². The van der Waals surface area contributed by atoms with E-state index in [-0.39, 0.29) is 13.0 Å². The van der Waals surface area contributed by atoms with Crippen LogP contribution in [0.1, 0.15) is 23.9 Å². The highest BCUT2D eigenvalue weighted by atomic mass is 32.2. The minimum atomic E-state index is -4.10. The Morgan fingerprint density at radius 1 is 0.971 bits per heavy atom. The molecule has 3 aromatic carbocycles. The van der Waals surface area contributed by atoms with Gasteiger partial charge in [-0.2, -0.15) is 0 Å².